The van der Waals surface area contributed by atoms with Crippen molar-refractivity contribution in [2.24, 2.45) is 5.92 Å². The predicted octanol–water partition coefficient (Wildman–Crippen LogP) is 2.22. The zero-order valence-electron chi connectivity index (χ0n) is 11.7. The van der Waals surface area contributed by atoms with E-state index in [1.807, 2.05) is 13.0 Å². The quantitative estimate of drug-likeness (QED) is 0.909. The minimum absolute atomic E-state index is 0.0670. The summed E-state index contributed by atoms with van der Waals surface area (Å²) in [6, 6.07) is 3.59. The van der Waals surface area contributed by atoms with Crippen LogP contribution in [0.4, 0.5) is 0 Å². The Balaban J connectivity index is 2.23. The first kappa shape index (κ1) is 13.1. The number of aryl methyl sites for hydroxylation is 1. The standard InChI is InChI=1S/C15H17NO4/c1-8(17)14-13(11-5-4-6-19-11)12-9(2)20-16-10(12)7-15(14,3)18/h4-6,13-14,18H,7H2,1-3H3/t13-,14-,15-/m1/s1. The number of ketones is 1. The minimum Gasteiger partial charge on any atom is -0.469 e. The van der Waals surface area contributed by atoms with Gasteiger partial charge in [-0.15, -0.1) is 0 Å². The van der Waals surface area contributed by atoms with E-state index in [2.05, 4.69) is 5.16 Å². The molecule has 2 aromatic heterocycles. The molecule has 0 amide bonds. The van der Waals surface area contributed by atoms with E-state index in [4.69, 9.17) is 8.94 Å². The fraction of sp³-hybridized carbons (Fsp3) is 0.467. The van der Waals surface area contributed by atoms with E-state index in [1.54, 1.807) is 19.3 Å². The molecule has 1 aliphatic rings. The summed E-state index contributed by atoms with van der Waals surface area (Å²) in [5.41, 5.74) is 0.401. The van der Waals surface area contributed by atoms with Gasteiger partial charge in [-0.3, -0.25) is 4.79 Å². The molecule has 2 heterocycles. The number of carbonyl (C=O) groups excluding carboxylic acids is 1. The normalized spacial score (nSPS) is 29.2. The second-order valence-corrected chi connectivity index (χ2v) is 5.71. The van der Waals surface area contributed by atoms with E-state index >= 15 is 0 Å². The highest BCUT2D eigenvalue weighted by atomic mass is 16.5. The third kappa shape index (κ3) is 1.81. The fourth-order valence-corrected chi connectivity index (χ4v) is 3.37. The van der Waals surface area contributed by atoms with Crippen molar-refractivity contribution in [1.29, 1.82) is 0 Å². The Morgan fingerprint density at radius 3 is 2.90 bits per heavy atom. The number of furan rings is 1. The van der Waals surface area contributed by atoms with Crippen molar-refractivity contribution in [3.63, 3.8) is 0 Å². The molecule has 3 atom stereocenters. The zero-order chi connectivity index (χ0) is 14.5. The van der Waals surface area contributed by atoms with Gasteiger partial charge in [0.2, 0.25) is 0 Å². The maximum atomic E-state index is 12.1. The van der Waals surface area contributed by atoms with E-state index in [-0.39, 0.29) is 11.7 Å². The highest BCUT2D eigenvalue weighted by Gasteiger charge is 2.50. The minimum atomic E-state index is -1.17. The van der Waals surface area contributed by atoms with Crippen molar-refractivity contribution in [3.8, 4) is 0 Å². The summed E-state index contributed by atoms with van der Waals surface area (Å²) >= 11 is 0. The SMILES string of the molecule is CC(=O)[C@@H]1[C@H](c2ccco2)c2c(noc2C)C[C@@]1(C)O. The first-order valence-corrected chi connectivity index (χ1v) is 6.63. The first-order valence-electron chi connectivity index (χ1n) is 6.63. The molecule has 0 fully saturated rings. The Bertz CT molecular complexity index is 639. The molecule has 0 radical (unpaired) electrons. The number of nitrogens with zero attached hydrogens (tertiary/aromatic N) is 1. The molecular formula is C15H17NO4. The summed E-state index contributed by atoms with van der Waals surface area (Å²) in [7, 11) is 0. The zero-order valence-corrected chi connectivity index (χ0v) is 11.7. The van der Waals surface area contributed by atoms with Crippen LogP contribution in [0, 0.1) is 12.8 Å². The summed E-state index contributed by atoms with van der Waals surface area (Å²) in [5, 5.41) is 14.7. The van der Waals surface area contributed by atoms with Crippen LogP contribution in [0.3, 0.4) is 0 Å². The van der Waals surface area contributed by atoms with Crippen molar-refractivity contribution >= 4 is 5.78 Å². The topological polar surface area (TPSA) is 76.5 Å². The summed E-state index contributed by atoms with van der Waals surface area (Å²) in [5.74, 6) is 0.329. The van der Waals surface area contributed by atoms with Gasteiger partial charge in [-0.2, -0.15) is 0 Å². The number of Topliss-reactive ketones (excluding diaryl/α,β-unsaturated/α-hetero) is 1. The van der Waals surface area contributed by atoms with Gasteiger partial charge in [0.05, 0.1) is 29.4 Å². The molecule has 106 valence electrons. The lowest BCUT2D eigenvalue weighted by atomic mass is 9.66. The Kier molecular flexibility index (Phi) is 2.83. The summed E-state index contributed by atoms with van der Waals surface area (Å²) in [6.07, 6.45) is 1.87. The van der Waals surface area contributed by atoms with Crippen LogP contribution in [0.25, 0.3) is 0 Å². The summed E-state index contributed by atoms with van der Waals surface area (Å²) in [6.45, 7) is 4.99. The van der Waals surface area contributed by atoms with E-state index in [1.165, 1.54) is 6.92 Å². The van der Waals surface area contributed by atoms with Crippen molar-refractivity contribution in [1.82, 2.24) is 5.16 Å². The molecular weight excluding hydrogens is 258 g/mol. The molecule has 5 heteroatoms. The van der Waals surface area contributed by atoms with Gasteiger partial charge in [0.15, 0.2) is 0 Å². The van der Waals surface area contributed by atoms with Gasteiger partial charge in [0.25, 0.3) is 0 Å². The van der Waals surface area contributed by atoms with Gasteiger partial charge in [-0.25, -0.2) is 0 Å². The molecule has 20 heavy (non-hydrogen) atoms. The van der Waals surface area contributed by atoms with Crippen molar-refractivity contribution < 1.29 is 18.8 Å². The number of aliphatic hydroxyl groups is 1. The van der Waals surface area contributed by atoms with Crippen LogP contribution < -0.4 is 0 Å². The van der Waals surface area contributed by atoms with Gasteiger partial charge in [-0.05, 0) is 32.9 Å². The molecule has 2 aromatic rings. The number of fused-ring (bicyclic) bond motifs is 1. The Morgan fingerprint density at radius 1 is 1.55 bits per heavy atom. The van der Waals surface area contributed by atoms with Crippen LogP contribution in [0.15, 0.2) is 27.3 Å². The van der Waals surface area contributed by atoms with Gasteiger partial charge in [0.1, 0.15) is 17.3 Å². The van der Waals surface area contributed by atoms with Crippen LogP contribution in [0.1, 0.15) is 42.5 Å². The second-order valence-electron chi connectivity index (χ2n) is 5.71. The lowest BCUT2D eigenvalue weighted by Crippen LogP contribution is -2.48. The Morgan fingerprint density at radius 2 is 2.30 bits per heavy atom. The van der Waals surface area contributed by atoms with Crippen LogP contribution in [0.5, 0.6) is 0 Å². The molecule has 1 aliphatic carbocycles. The molecule has 0 bridgehead atoms. The second kappa shape index (κ2) is 4.31. The first-order chi connectivity index (χ1) is 9.42. The van der Waals surface area contributed by atoms with Crippen molar-refractivity contribution in [2.75, 3.05) is 0 Å². The summed E-state index contributed by atoms with van der Waals surface area (Å²) < 4.78 is 10.7. The fourth-order valence-electron chi connectivity index (χ4n) is 3.37. The monoisotopic (exact) mass is 275 g/mol. The largest absolute Gasteiger partial charge is 0.469 e. The van der Waals surface area contributed by atoms with Gasteiger partial charge < -0.3 is 14.0 Å². The summed E-state index contributed by atoms with van der Waals surface area (Å²) in [4.78, 5) is 12.1. The van der Waals surface area contributed by atoms with Gasteiger partial charge in [-0.1, -0.05) is 5.16 Å². The maximum Gasteiger partial charge on any atom is 0.137 e. The van der Waals surface area contributed by atoms with E-state index in [0.29, 0.717) is 23.6 Å². The number of hydrogen-bond donors (Lipinski definition) is 1. The highest BCUT2D eigenvalue weighted by Crippen LogP contribution is 2.47. The molecule has 5 nitrogen and oxygen atoms in total. The van der Waals surface area contributed by atoms with Crippen LogP contribution in [0.2, 0.25) is 0 Å². The number of carbonyl (C=O) groups is 1. The Labute approximate surface area is 116 Å². The third-order valence-electron chi connectivity index (χ3n) is 4.11. The van der Waals surface area contributed by atoms with E-state index in [0.717, 1.165) is 5.56 Å². The molecule has 0 saturated heterocycles. The van der Waals surface area contributed by atoms with Crippen molar-refractivity contribution in [2.45, 2.75) is 38.7 Å². The molecule has 0 aliphatic heterocycles. The average molecular weight is 275 g/mol. The van der Waals surface area contributed by atoms with Crippen molar-refractivity contribution in [3.05, 3.63) is 41.2 Å². The molecule has 0 unspecified atom stereocenters. The lowest BCUT2D eigenvalue weighted by molar-refractivity contribution is -0.131. The van der Waals surface area contributed by atoms with Crippen LogP contribution >= 0.6 is 0 Å². The van der Waals surface area contributed by atoms with E-state index < -0.39 is 11.5 Å². The smallest absolute Gasteiger partial charge is 0.137 e. The highest BCUT2D eigenvalue weighted by molar-refractivity contribution is 5.82. The number of aromatic nitrogens is 1. The lowest BCUT2D eigenvalue weighted by Gasteiger charge is -2.39. The third-order valence-corrected chi connectivity index (χ3v) is 4.11. The van der Waals surface area contributed by atoms with Crippen LogP contribution in [-0.4, -0.2) is 21.6 Å². The maximum absolute atomic E-state index is 12.1. The number of hydrogen-bond acceptors (Lipinski definition) is 5. The molecule has 3 rings (SSSR count). The Hall–Kier alpha value is -1.88. The molecule has 0 spiro atoms. The molecule has 0 saturated carbocycles. The van der Waals surface area contributed by atoms with Gasteiger partial charge >= 0.3 is 0 Å². The van der Waals surface area contributed by atoms with E-state index in [9.17, 15) is 9.90 Å². The molecule has 0 aromatic carbocycles. The number of rotatable bonds is 2. The predicted molar refractivity (Wildman–Crippen MR) is 70.3 cm³/mol. The average Bonchev–Trinajstić information content (AvgIpc) is 2.96. The van der Waals surface area contributed by atoms with Crippen LogP contribution in [-0.2, 0) is 11.2 Å². The molecule has 1 N–H and O–H groups in total. The van der Waals surface area contributed by atoms with Gasteiger partial charge in [0, 0.05) is 12.0 Å².